The van der Waals surface area contributed by atoms with E-state index < -0.39 is 12.0 Å². The van der Waals surface area contributed by atoms with Crippen LogP contribution in [0.1, 0.15) is 29.0 Å². The van der Waals surface area contributed by atoms with Gasteiger partial charge in [0, 0.05) is 43.3 Å². The maximum absolute atomic E-state index is 13.3. The number of hydrogen-bond donors (Lipinski definition) is 2. The Morgan fingerprint density at radius 3 is 2.55 bits per heavy atom. The van der Waals surface area contributed by atoms with Crippen molar-refractivity contribution in [3.8, 4) is 22.6 Å². The number of nitrogens with one attached hydrogen (secondary N) is 1. The molecule has 2 aromatic heterocycles. The molecule has 2 N–H and O–H groups in total. The van der Waals surface area contributed by atoms with Crippen molar-refractivity contribution in [2.75, 3.05) is 13.1 Å². The van der Waals surface area contributed by atoms with Gasteiger partial charge in [-0.3, -0.25) is 9.78 Å². The molecule has 0 spiro atoms. The lowest BCUT2D eigenvalue weighted by molar-refractivity contribution is -0.0494. The first kappa shape index (κ1) is 22.7. The molecule has 3 heterocycles. The Kier molecular flexibility index (Phi) is 6.33. The van der Waals surface area contributed by atoms with Crippen LogP contribution < -0.4 is 5.32 Å². The van der Waals surface area contributed by atoms with Crippen LogP contribution in [0.3, 0.4) is 0 Å². The summed E-state index contributed by atoms with van der Waals surface area (Å²) in [5, 5.41) is 11.3. The number of carboxylic acid groups (broad SMARTS) is 1. The maximum atomic E-state index is 13.3. The van der Waals surface area contributed by atoms with Gasteiger partial charge in [-0.1, -0.05) is 17.7 Å². The Hall–Kier alpha value is -3.46. The Bertz CT molecular complexity index is 1170. The second kappa shape index (κ2) is 9.19. The van der Waals surface area contributed by atoms with Gasteiger partial charge in [-0.25, -0.2) is 13.6 Å². The van der Waals surface area contributed by atoms with E-state index in [1.165, 1.54) is 11.1 Å². The number of furan rings is 1. The van der Waals surface area contributed by atoms with Crippen LogP contribution in [0.25, 0.3) is 22.6 Å². The molecule has 33 heavy (non-hydrogen) atoms. The number of nitrogens with zero attached hydrogens (tertiary/aromatic N) is 2. The molecule has 0 unspecified atom stereocenters. The molecule has 172 valence electrons. The number of amides is 2. The first-order chi connectivity index (χ1) is 15.7. The highest BCUT2D eigenvalue weighted by atomic mass is 35.5. The Labute approximate surface area is 193 Å². The van der Waals surface area contributed by atoms with Gasteiger partial charge >= 0.3 is 6.09 Å². The minimum Gasteiger partial charge on any atom is -0.465 e. The third kappa shape index (κ3) is 5.31. The van der Waals surface area contributed by atoms with Gasteiger partial charge in [0.05, 0.1) is 22.8 Å². The molecule has 0 aliphatic carbocycles. The first-order valence-electron chi connectivity index (χ1n) is 10.2. The van der Waals surface area contributed by atoms with Gasteiger partial charge in [-0.15, -0.1) is 0 Å². The molecular weight excluding hydrogens is 456 g/mol. The molecule has 2 amide bonds. The van der Waals surface area contributed by atoms with Gasteiger partial charge in [0.1, 0.15) is 11.5 Å². The van der Waals surface area contributed by atoms with Crippen LogP contribution in [-0.2, 0) is 6.54 Å². The van der Waals surface area contributed by atoms with E-state index in [1.807, 2.05) is 0 Å². The summed E-state index contributed by atoms with van der Waals surface area (Å²) in [4.78, 5) is 28.9. The highest BCUT2D eigenvalue weighted by Crippen LogP contribution is 2.33. The number of rotatable bonds is 5. The molecular formula is C23H20ClF2N3O4. The minimum atomic E-state index is -2.71. The zero-order valence-electron chi connectivity index (χ0n) is 17.4. The van der Waals surface area contributed by atoms with Crippen molar-refractivity contribution < 1.29 is 27.9 Å². The van der Waals surface area contributed by atoms with Crippen LogP contribution >= 0.6 is 11.6 Å². The third-order valence-electron chi connectivity index (χ3n) is 5.40. The predicted octanol–water partition coefficient (Wildman–Crippen LogP) is 5.30. The van der Waals surface area contributed by atoms with Crippen molar-refractivity contribution in [1.29, 1.82) is 0 Å². The molecule has 1 saturated heterocycles. The number of hydrogen-bond acceptors (Lipinski definition) is 4. The lowest BCUT2D eigenvalue weighted by Gasteiger charge is -2.31. The average Bonchev–Trinajstić information content (AvgIpc) is 3.26. The molecule has 1 fully saturated rings. The van der Waals surface area contributed by atoms with E-state index in [9.17, 15) is 18.4 Å². The Balaban J connectivity index is 1.46. The summed E-state index contributed by atoms with van der Waals surface area (Å²) >= 11 is 6.44. The number of aromatic nitrogens is 1. The molecule has 10 heteroatoms. The standard InChI is InChI=1S/C23H20ClF2N3O4/c24-18-11-14(1-4-17(18)20-6-3-16(33-20)13-28-22(31)32)19-5-2-15(12-27-19)21(30)29-9-7-23(25,26)8-10-29/h1-6,11-12,28H,7-10,13H2,(H,31,32). The van der Waals surface area contributed by atoms with Crippen LogP contribution in [-0.4, -0.2) is 46.0 Å². The molecule has 0 radical (unpaired) electrons. The lowest BCUT2D eigenvalue weighted by Crippen LogP contribution is -2.42. The fourth-order valence-corrected chi connectivity index (χ4v) is 3.84. The van der Waals surface area contributed by atoms with Crippen LogP contribution in [0.4, 0.5) is 13.6 Å². The molecule has 1 aromatic carbocycles. The monoisotopic (exact) mass is 475 g/mol. The van der Waals surface area contributed by atoms with Crippen LogP contribution in [0, 0.1) is 0 Å². The second-order valence-electron chi connectivity index (χ2n) is 7.70. The van der Waals surface area contributed by atoms with Gasteiger partial charge in [-0.2, -0.15) is 0 Å². The molecule has 0 bridgehead atoms. The van der Waals surface area contributed by atoms with E-state index in [1.54, 1.807) is 42.5 Å². The number of likely N-dealkylation sites (tertiary alicyclic amines) is 1. The van der Waals surface area contributed by atoms with E-state index in [4.69, 9.17) is 21.1 Å². The van der Waals surface area contributed by atoms with E-state index in [-0.39, 0.29) is 38.4 Å². The van der Waals surface area contributed by atoms with Crippen LogP contribution in [0.2, 0.25) is 5.02 Å². The van der Waals surface area contributed by atoms with Crippen LogP contribution in [0.15, 0.2) is 53.1 Å². The molecule has 0 saturated carbocycles. The van der Waals surface area contributed by atoms with Crippen molar-refractivity contribution in [1.82, 2.24) is 15.2 Å². The number of halogens is 3. The van der Waals surface area contributed by atoms with E-state index in [0.29, 0.717) is 33.4 Å². The smallest absolute Gasteiger partial charge is 0.405 e. The zero-order valence-corrected chi connectivity index (χ0v) is 18.1. The quantitative estimate of drug-likeness (QED) is 0.522. The highest BCUT2D eigenvalue weighted by Gasteiger charge is 2.35. The molecule has 1 aliphatic heterocycles. The van der Waals surface area contributed by atoms with E-state index >= 15 is 0 Å². The molecule has 0 atom stereocenters. The summed E-state index contributed by atoms with van der Waals surface area (Å²) in [7, 11) is 0. The van der Waals surface area contributed by atoms with Gasteiger partial charge in [0.2, 0.25) is 0 Å². The van der Waals surface area contributed by atoms with Crippen molar-refractivity contribution in [3.05, 3.63) is 65.0 Å². The normalized spacial score (nSPS) is 15.3. The molecule has 4 rings (SSSR count). The summed E-state index contributed by atoms with van der Waals surface area (Å²) in [5.74, 6) is -2.08. The van der Waals surface area contributed by atoms with Crippen molar-refractivity contribution >= 4 is 23.6 Å². The minimum absolute atomic E-state index is 0.0194. The predicted molar refractivity (Wildman–Crippen MR) is 117 cm³/mol. The third-order valence-corrected chi connectivity index (χ3v) is 5.71. The fraction of sp³-hybridized carbons (Fsp3) is 0.261. The van der Waals surface area contributed by atoms with Crippen LogP contribution in [0.5, 0.6) is 0 Å². The number of pyridine rings is 1. The van der Waals surface area contributed by atoms with Gasteiger partial charge in [0.15, 0.2) is 0 Å². The number of benzene rings is 1. The summed E-state index contributed by atoms with van der Waals surface area (Å²) in [6.07, 6.45) is -0.376. The second-order valence-corrected chi connectivity index (χ2v) is 8.11. The number of alkyl halides is 2. The van der Waals surface area contributed by atoms with E-state index in [0.717, 1.165) is 5.56 Å². The number of piperidine rings is 1. The SMILES string of the molecule is O=C(O)NCc1ccc(-c2ccc(-c3ccc(C(=O)N4CCC(F)(F)CC4)cn3)cc2Cl)o1. The van der Waals surface area contributed by atoms with Crippen molar-refractivity contribution in [2.45, 2.75) is 25.3 Å². The van der Waals surface area contributed by atoms with Gasteiger partial charge in [-0.05, 0) is 36.4 Å². The highest BCUT2D eigenvalue weighted by molar-refractivity contribution is 6.33. The molecule has 7 nitrogen and oxygen atoms in total. The van der Waals surface area contributed by atoms with Gasteiger partial charge < -0.3 is 19.7 Å². The number of carbonyl (C=O) groups excluding carboxylic acids is 1. The summed E-state index contributed by atoms with van der Waals surface area (Å²) in [6, 6.07) is 11.9. The topological polar surface area (TPSA) is 95.7 Å². The lowest BCUT2D eigenvalue weighted by atomic mass is 10.0. The number of carbonyl (C=O) groups is 2. The zero-order chi connectivity index (χ0) is 23.6. The molecule has 1 aliphatic rings. The Morgan fingerprint density at radius 1 is 1.15 bits per heavy atom. The Morgan fingerprint density at radius 2 is 1.91 bits per heavy atom. The summed E-state index contributed by atoms with van der Waals surface area (Å²) in [5.41, 5.74) is 2.29. The fourth-order valence-electron chi connectivity index (χ4n) is 3.57. The first-order valence-corrected chi connectivity index (χ1v) is 10.6. The van der Waals surface area contributed by atoms with Crippen molar-refractivity contribution in [3.63, 3.8) is 0 Å². The average molecular weight is 476 g/mol. The summed E-state index contributed by atoms with van der Waals surface area (Å²) < 4.78 is 32.3. The van der Waals surface area contributed by atoms with Crippen molar-refractivity contribution in [2.24, 2.45) is 0 Å². The molecule has 3 aromatic rings. The van der Waals surface area contributed by atoms with Gasteiger partial charge in [0.25, 0.3) is 11.8 Å². The maximum Gasteiger partial charge on any atom is 0.405 e. The summed E-state index contributed by atoms with van der Waals surface area (Å²) in [6.45, 7) is 0.0803. The van der Waals surface area contributed by atoms with E-state index in [2.05, 4.69) is 10.3 Å². The largest absolute Gasteiger partial charge is 0.465 e.